The lowest BCUT2D eigenvalue weighted by atomic mass is 10.2. The van der Waals surface area contributed by atoms with Gasteiger partial charge >= 0.3 is 6.36 Å². The molecule has 3 nitrogen and oxygen atoms in total. The Hall–Kier alpha value is -1.84. The van der Waals surface area contributed by atoms with Crippen LogP contribution in [0.5, 0.6) is 5.75 Å². The fourth-order valence-corrected chi connectivity index (χ4v) is 0.903. The molecule has 1 heterocycles. The SMILES string of the molecule is N#Cc1nccc(CF)c1OC(F)(F)F. The van der Waals surface area contributed by atoms with Crippen molar-refractivity contribution in [1.82, 2.24) is 4.98 Å². The summed E-state index contributed by atoms with van der Waals surface area (Å²) in [5.74, 6) is -0.880. The zero-order valence-electron chi connectivity index (χ0n) is 7.18. The summed E-state index contributed by atoms with van der Waals surface area (Å²) >= 11 is 0. The summed E-state index contributed by atoms with van der Waals surface area (Å²) in [4.78, 5) is 3.34. The van der Waals surface area contributed by atoms with Gasteiger partial charge in [-0.1, -0.05) is 0 Å². The highest BCUT2D eigenvalue weighted by Crippen LogP contribution is 2.29. The second-order valence-corrected chi connectivity index (χ2v) is 2.44. The number of hydrogen-bond acceptors (Lipinski definition) is 3. The zero-order valence-corrected chi connectivity index (χ0v) is 7.18. The Bertz CT molecular complexity index is 397. The van der Waals surface area contributed by atoms with Crippen LogP contribution in [0, 0.1) is 11.3 Å². The molecule has 1 rings (SSSR count). The number of nitriles is 1. The standard InChI is InChI=1S/C8H4F4N2O/c9-3-5-1-2-14-6(4-13)7(5)15-8(10,11)12/h1-2H,3H2. The van der Waals surface area contributed by atoms with Crippen LogP contribution in [-0.2, 0) is 6.67 Å². The number of aromatic nitrogens is 1. The fraction of sp³-hybridized carbons (Fsp3) is 0.250. The summed E-state index contributed by atoms with van der Waals surface area (Å²) in [6, 6.07) is 2.41. The molecule has 0 spiro atoms. The summed E-state index contributed by atoms with van der Waals surface area (Å²) in [5.41, 5.74) is -0.957. The number of halogens is 4. The lowest BCUT2D eigenvalue weighted by Gasteiger charge is -2.11. The van der Waals surface area contributed by atoms with Crippen molar-refractivity contribution >= 4 is 0 Å². The molecular weight excluding hydrogens is 216 g/mol. The Labute approximate surface area is 81.9 Å². The number of pyridine rings is 1. The lowest BCUT2D eigenvalue weighted by Crippen LogP contribution is -2.19. The Morgan fingerprint density at radius 1 is 1.47 bits per heavy atom. The molecule has 0 N–H and O–H groups in total. The molecule has 7 heteroatoms. The first kappa shape index (κ1) is 11.2. The Morgan fingerprint density at radius 2 is 2.13 bits per heavy atom. The van der Waals surface area contributed by atoms with E-state index in [1.165, 1.54) is 6.07 Å². The van der Waals surface area contributed by atoms with Crippen molar-refractivity contribution in [3.63, 3.8) is 0 Å². The second-order valence-electron chi connectivity index (χ2n) is 2.44. The maximum absolute atomic E-state index is 12.3. The highest BCUT2D eigenvalue weighted by Gasteiger charge is 2.33. The normalized spacial score (nSPS) is 10.9. The highest BCUT2D eigenvalue weighted by molar-refractivity contribution is 5.43. The van der Waals surface area contributed by atoms with Crippen LogP contribution >= 0.6 is 0 Å². The van der Waals surface area contributed by atoms with Gasteiger partial charge in [-0.3, -0.25) is 0 Å². The number of ether oxygens (including phenoxy) is 1. The van der Waals surface area contributed by atoms with Crippen LogP contribution in [0.15, 0.2) is 12.3 Å². The largest absolute Gasteiger partial charge is 0.573 e. The van der Waals surface area contributed by atoms with Gasteiger partial charge < -0.3 is 4.74 Å². The average Bonchev–Trinajstić information content (AvgIpc) is 2.16. The lowest BCUT2D eigenvalue weighted by molar-refractivity contribution is -0.275. The third kappa shape index (κ3) is 2.80. The van der Waals surface area contributed by atoms with Crippen molar-refractivity contribution < 1.29 is 22.3 Å². The maximum Gasteiger partial charge on any atom is 0.573 e. The third-order valence-corrected chi connectivity index (χ3v) is 1.45. The molecule has 80 valence electrons. The summed E-state index contributed by atoms with van der Waals surface area (Å²) in [6.45, 7) is -1.16. The van der Waals surface area contributed by atoms with Crippen LogP contribution in [-0.4, -0.2) is 11.3 Å². The maximum atomic E-state index is 12.3. The second kappa shape index (κ2) is 4.13. The van der Waals surface area contributed by atoms with Crippen molar-refractivity contribution in [2.24, 2.45) is 0 Å². The molecule has 0 bridgehead atoms. The first-order chi connectivity index (χ1) is 6.98. The average molecular weight is 220 g/mol. The molecule has 1 aromatic rings. The van der Waals surface area contributed by atoms with E-state index in [9.17, 15) is 17.6 Å². The van der Waals surface area contributed by atoms with E-state index in [1.807, 2.05) is 0 Å². The summed E-state index contributed by atoms with van der Waals surface area (Å²) in [7, 11) is 0. The van der Waals surface area contributed by atoms with Crippen LogP contribution in [0.3, 0.4) is 0 Å². The monoisotopic (exact) mass is 220 g/mol. The van der Waals surface area contributed by atoms with Gasteiger partial charge in [0.05, 0.1) is 0 Å². The van der Waals surface area contributed by atoms with Gasteiger partial charge in [-0.15, -0.1) is 13.2 Å². The van der Waals surface area contributed by atoms with Gasteiger partial charge in [0.25, 0.3) is 0 Å². The number of rotatable bonds is 2. The van der Waals surface area contributed by atoms with Crippen LogP contribution in [0.1, 0.15) is 11.3 Å². The fourth-order valence-electron chi connectivity index (χ4n) is 0.903. The molecular formula is C8H4F4N2O. The molecule has 0 aliphatic rings. The van der Waals surface area contributed by atoms with Gasteiger partial charge in [-0.2, -0.15) is 5.26 Å². The van der Waals surface area contributed by atoms with Crippen molar-refractivity contribution in [3.8, 4) is 11.8 Å². The van der Waals surface area contributed by atoms with E-state index in [2.05, 4.69) is 9.72 Å². The van der Waals surface area contributed by atoms with E-state index >= 15 is 0 Å². The van der Waals surface area contributed by atoms with Gasteiger partial charge in [0.15, 0.2) is 11.4 Å². The Morgan fingerprint density at radius 3 is 2.60 bits per heavy atom. The molecule has 0 radical (unpaired) electrons. The molecule has 0 amide bonds. The van der Waals surface area contributed by atoms with E-state index in [1.54, 1.807) is 0 Å². The molecule has 0 aromatic carbocycles. The topological polar surface area (TPSA) is 45.9 Å². The number of hydrogen-bond donors (Lipinski definition) is 0. The van der Waals surface area contributed by atoms with Crippen molar-refractivity contribution in [2.75, 3.05) is 0 Å². The minimum absolute atomic E-state index is 0.362. The molecule has 0 saturated carbocycles. The van der Waals surface area contributed by atoms with E-state index in [0.717, 1.165) is 12.3 Å². The molecule has 0 aliphatic heterocycles. The van der Waals surface area contributed by atoms with E-state index in [0.29, 0.717) is 0 Å². The Balaban J connectivity index is 3.18. The van der Waals surface area contributed by atoms with Gasteiger partial charge in [0, 0.05) is 11.8 Å². The predicted octanol–water partition coefficient (Wildman–Crippen LogP) is 2.32. The molecule has 15 heavy (non-hydrogen) atoms. The van der Waals surface area contributed by atoms with Gasteiger partial charge in [-0.05, 0) is 6.07 Å². The molecule has 1 aromatic heterocycles. The first-order valence-corrected chi connectivity index (χ1v) is 3.67. The van der Waals surface area contributed by atoms with Crippen LogP contribution in [0.25, 0.3) is 0 Å². The van der Waals surface area contributed by atoms with E-state index < -0.39 is 24.5 Å². The summed E-state index contributed by atoms with van der Waals surface area (Å²) < 4.78 is 51.5. The van der Waals surface area contributed by atoms with Gasteiger partial charge in [0.1, 0.15) is 12.7 Å². The van der Waals surface area contributed by atoms with Gasteiger partial charge in [0.2, 0.25) is 0 Å². The van der Waals surface area contributed by atoms with Crippen LogP contribution in [0.2, 0.25) is 0 Å². The summed E-state index contributed by atoms with van der Waals surface area (Å²) in [6.07, 6.45) is -3.94. The molecule has 0 saturated heterocycles. The van der Waals surface area contributed by atoms with Gasteiger partial charge in [-0.25, -0.2) is 9.37 Å². The minimum Gasteiger partial charge on any atom is -0.402 e. The highest BCUT2D eigenvalue weighted by atomic mass is 19.4. The first-order valence-electron chi connectivity index (χ1n) is 3.67. The smallest absolute Gasteiger partial charge is 0.402 e. The zero-order chi connectivity index (χ0) is 11.5. The van der Waals surface area contributed by atoms with Crippen molar-refractivity contribution in [1.29, 1.82) is 5.26 Å². The van der Waals surface area contributed by atoms with Crippen LogP contribution in [0.4, 0.5) is 17.6 Å². The van der Waals surface area contributed by atoms with E-state index in [4.69, 9.17) is 5.26 Å². The van der Waals surface area contributed by atoms with Crippen molar-refractivity contribution in [3.05, 3.63) is 23.5 Å². The van der Waals surface area contributed by atoms with E-state index in [-0.39, 0.29) is 5.56 Å². The quantitative estimate of drug-likeness (QED) is 0.718. The molecule has 0 atom stereocenters. The third-order valence-electron chi connectivity index (χ3n) is 1.45. The molecule has 0 aliphatic carbocycles. The number of alkyl halides is 4. The summed E-state index contributed by atoms with van der Waals surface area (Å²) in [5, 5.41) is 8.45. The number of nitrogens with zero attached hydrogens (tertiary/aromatic N) is 2. The minimum atomic E-state index is -4.97. The van der Waals surface area contributed by atoms with Crippen LogP contribution < -0.4 is 4.74 Å². The van der Waals surface area contributed by atoms with Crippen molar-refractivity contribution in [2.45, 2.75) is 13.0 Å². The Kier molecular flexibility index (Phi) is 3.09. The molecule has 0 fully saturated rings. The molecule has 0 unspecified atom stereocenters. The predicted molar refractivity (Wildman–Crippen MR) is 40.4 cm³/mol.